The van der Waals surface area contributed by atoms with Crippen LogP contribution >= 0.6 is 0 Å². The summed E-state index contributed by atoms with van der Waals surface area (Å²) in [6, 6.07) is 0. The van der Waals surface area contributed by atoms with Gasteiger partial charge in [-0.05, 0) is 57.7 Å². The zero-order valence-electron chi connectivity index (χ0n) is 14.1. The number of ether oxygens (including phenoxy) is 1. The van der Waals surface area contributed by atoms with E-state index in [1.807, 2.05) is 6.08 Å². The summed E-state index contributed by atoms with van der Waals surface area (Å²) in [5.74, 6) is 2.39. The Morgan fingerprint density at radius 3 is 2.50 bits per heavy atom. The molecule has 2 aliphatic rings. The molecule has 2 fully saturated rings. The zero-order valence-corrected chi connectivity index (χ0v) is 14.1. The van der Waals surface area contributed by atoms with Crippen LogP contribution in [-0.4, -0.2) is 36.9 Å². The van der Waals surface area contributed by atoms with Crippen molar-refractivity contribution in [3.8, 4) is 0 Å². The Bertz CT molecular complexity index is 390. The van der Waals surface area contributed by atoms with Crippen LogP contribution in [0, 0.1) is 11.8 Å². The average Bonchev–Trinajstić information content (AvgIpc) is 3.37. The van der Waals surface area contributed by atoms with E-state index in [1.54, 1.807) is 6.08 Å². The lowest BCUT2D eigenvalue weighted by Crippen LogP contribution is -2.37. The van der Waals surface area contributed by atoms with Gasteiger partial charge in [0.15, 0.2) is 0 Å². The number of hydrogen-bond donors (Lipinski definition) is 0. The van der Waals surface area contributed by atoms with Crippen molar-refractivity contribution in [3.05, 3.63) is 24.5 Å². The number of ketones is 1. The number of allylic oxidation sites excluding steroid dienone is 3. The zero-order chi connectivity index (χ0) is 15.8. The monoisotopic (exact) mass is 305 g/mol. The summed E-state index contributed by atoms with van der Waals surface area (Å²) in [5.41, 5.74) is 0. The van der Waals surface area contributed by atoms with Gasteiger partial charge in [0.05, 0.1) is 12.4 Å². The smallest absolute Gasteiger partial charge is 0.139 e. The van der Waals surface area contributed by atoms with Crippen molar-refractivity contribution >= 4 is 5.78 Å². The first-order valence-electron chi connectivity index (χ1n) is 8.95. The number of carbonyl (C=O) groups is 1. The van der Waals surface area contributed by atoms with E-state index in [0.29, 0.717) is 17.6 Å². The van der Waals surface area contributed by atoms with E-state index in [0.717, 1.165) is 76.9 Å². The summed E-state index contributed by atoms with van der Waals surface area (Å²) in [6.07, 6.45) is 11.3. The second-order valence-corrected chi connectivity index (χ2v) is 6.61. The summed E-state index contributed by atoms with van der Waals surface area (Å²) in [5, 5.41) is 0. The molecule has 1 aliphatic heterocycles. The van der Waals surface area contributed by atoms with Gasteiger partial charge in [-0.1, -0.05) is 19.6 Å². The summed E-state index contributed by atoms with van der Waals surface area (Å²) >= 11 is 0. The van der Waals surface area contributed by atoms with Crippen molar-refractivity contribution < 1.29 is 9.53 Å². The molecule has 3 heteroatoms. The van der Waals surface area contributed by atoms with Gasteiger partial charge in [0.1, 0.15) is 5.78 Å². The van der Waals surface area contributed by atoms with Gasteiger partial charge in [-0.15, -0.1) is 0 Å². The van der Waals surface area contributed by atoms with Crippen molar-refractivity contribution in [2.75, 3.05) is 26.2 Å². The molecule has 0 aromatic heterocycles. The number of Topliss-reactive ketones (excluding diaryl/α,β-unsaturated/α-hetero) is 1. The minimum Gasteiger partial charge on any atom is -0.498 e. The first-order valence-corrected chi connectivity index (χ1v) is 8.95. The molecule has 2 rings (SSSR count). The lowest BCUT2D eigenvalue weighted by Gasteiger charge is -2.31. The van der Waals surface area contributed by atoms with Crippen LogP contribution in [0.25, 0.3) is 0 Å². The summed E-state index contributed by atoms with van der Waals surface area (Å²) in [4.78, 5) is 14.6. The van der Waals surface area contributed by atoms with Gasteiger partial charge in [0.25, 0.3) is 0 Å². The van der Waals surface area contributed by atoms with Gasteiger partial charge in [-0.3, -0.25) is 4.79 Å². The number of hydrogen-bond acceptors (Lipinski definition) is 3. The Balaban J connectivity index is 1.57. The Morgan fingerprint density at radius 2 is 1.91 bits per heavy atom. The third kappa shape index (κ3) is 5.60. The second-order valence-electron chi connectivity index (χ2n) is 6.61. The highest BCUT2D eigenvalue weighted by atomic mass is 16.5. The van der Waals surface area contributed by atoms with Gasteiger partial charge in [-0.25, -0.2) is 0 Å². The van der Waals surface area contributed by atoms with Crippen molar-refractivity contribution in [3.63, 3.8) is 0 Å². The molecular weight excluding hydrogens is 274 g/mol. The van der Waals surface area contributed by atoms with E-state index in [2.05, 4.69) is 18.4 Å². The van der Waals surface area contributed by atoms with Crippen LogP contribution in [0.2, 0.25) is 0 Å². The molecular formula is C19H31NO2. The van der Waals surface area contributed by atoms with Crippen LogP contribution in [0.5, 0.6) is 0 Å². The highest BCUT2D eigenvalue weighted by Gasteiger charge is 2.35. The van der Waals surface area contributed by atoms with Gasteiger partial charge < -0.3 is 9.64 Å². The van der Waals surface area contributed by atoms with Crippen LogP contribution < -0.4 is 0 Å². The van der Waals surface area contributed by atoms with Crippen molar-refractivity contribution in [1.82, 2.24) is 4.90 Å². The van der Waals surface area contributed by atoms with Gasteiger partial charge >= 0.3 is 0 Å². The van der Waals surface area contributed by atoms with Crippen molar-refractivity contribution in [2.24, 2.45) is 11.8 Å². The topological polar surface area (TPSA) is 29.5 Å². The molecule has 124 valence electrons. The lowest BCUT2D eigenvalue weighted by atomic mass is 9.90. The third-order valence-electron chi connectivity index (χ3n) is 4.68. The SMILES string of the molecule is C=C/C=C(\CCC)OCCCN1CCC(C(=O)C2CC2)CC1. The number of piperidine rings is 1. The Labute approximate surface area is 135 Å². The quantitative estimate of drug-likeness (QED) is 0.348. The fourth-order valence-electron chi connectivity index (χ4n) is 3.22. The molecule has 1 heterocycles. The molecule has 22 heavy (non-hydrogen) atoms. The Hall–Kier alpha value is -1.09. The number of carbonyl (C=O) groups excluding carboxylic acids is 1. The van der Waals surface area contributed by atoms with Crippen molar-refractivity contribution in [2.45, 2.75) is 51.9 Å². The first kappa shape index (κ1) is 17.3. The predicted octanol–water partition coefficient (Wildman–Crippen LogP) is 3.95. The van der Waals surface area contributed by atoms with E-state index in [-0.39, 0.29) is 0 Å². The van der Waals surface area contributed by atoms with E-state index in [4.69, 9.17) is 4.74 Å². The second kappa shape index (κ2) is 9.14. The molecule has 3 nitrogen and oxygen atoms in total. The fraction of sp³-hybridized carbons (Fsp3) is 0.737. The minimum absolute atomic E-state index is 0.353. The van der Waals surface area contributed by atoms with E-state index < -0.39 is 0 Å². The largest absolute Gasteiger partial charge is 0.498 e. The summed E-state index contributed by atoms with van der Waals surface area (Å²) in [7, 11) is 0. The number of nitrogens with zero attached hydrogens (tertiary/aromatic N) is 1. The molecule has 1 aliphatic carbocycles. The average molecular weight is 305 g/mol. The molecule has 0 spiro atoms. The predicted molar refractivity (Wildman–Crippen MR) is 90.7 cm³/mol. The molecule has 0 N–H and O–H groups in total. The molecule has 0 atom stereocenters. The van der Waals surface area contributed by atoms with Crippen LogP contribution in [0.4, 0.5) is 0 Å². The number of rotatable bonds is 10. The third-order valence-corrected chi connectivity index (χ3v) is 4.68. The molecule has 0 bridgehead atoms. The fourth-order valence-corrected chi connectivity index (χ4v) is 3.22. The van der Waals surface area contributed by atoms with E-state index in [9.17, 15) is 4.79 Å². The maximum Gasteiger partial charge on any atom is 0.139 e. The summed E-state index contributed by atoms with van der Waals surface area (Å²) < 4.78 is 5.82. The number of likely N-dealkylation sites (tertiary alicyclic amines) is 1. The first-order chi connectivity index (χ1) is 10.7. The van der Waals surface area contributed by atoms with E-state index >= 15 is 0 Å². The van der Waals surface area contributed by atoms with Gasteiger partial charge in [-0.2, -0.15) is 0 Å². The molecule has 1 saturated heterocycles. The maximum atomic E-state index is 12.1. The molecule has 0 radical (unpaired) electrons. The van der Waals surface area contributed by atoms with Crippen LogP contribution in [-0.2, 0) is 9.53 Å². The summed E-state index contributed by atoms with van der Waals surface area (Å²) in [6.45, 7) is 9.90. The molecule has 0 unspecified atom stereocenters. The lowest BCUT2D eigenvalue weighted by molar-refractivity contribution is -0.125. The standard InChI is InChI=1S/C19H31NO2/c1-3-6-18(7-4-2)22-15-5-12-20-13-10-17(11-14-20)19(21)16-8-9-16/h3,6,16-17H,1,4-5,7-15H2,2H3/b18-6+. The Kier molecular flexibility index (Phi) is 7.17. The highest BCUT2D eigenvalue weighted by molar-refractivity contribution is 5.85. The molecule has 0 aromatic rings. The van der Waals surface area contributed by atoms with Crippen LogP contribution in [0.1, 0.15) is 51.9 Å². The highest BCUT2D eigenvalue weighted by Crippen LogP contribution is 2.35. The van der Waals surface area contributed by atoms with Crippen LogP contribution in [0.15, 0.2) is 24.5 Å². The Morgan fingerprint density at radius 1 is 1.23 bits per heavy atom. The van der Waals surface area contributed by atoms with E-state index in [1.165, 1.54) is 0 Å². The van der Waals surface area contributed by atoms with Crippen LogP contribution in [0.3, 0.4) is 0 Å². The van der Waals surface area contributed by atoms with Gasteiger partial charge in [0.2, 0.25) is 0 Å². The minimum atomic E-state index is 0.353. The normalized spacial score (nSPS) is 20.9. The van der Waals surface area contributed by atoms with Crippen molar-refractivity contribution in [1.29, 1.82) is 0 Å². The molecule has 1 saturated carbocycles. The molecule has 0 amide bonds. The van der Waals surface area contributed by atoms with Gasteiger partial charge in [0, 0.05) is 24.8 Å². The molecule has 0 aromatic carbocycles. The maximum absolute atomic E-state index is 12.1.